The SMILES string of the molecule is C=CC.c1ccc(-c2nc(-n3c4ccccc4c4c3ccc3c5ccccc5n(-c5ccccc5)c34)cc(-n3c4ccccc4c4c3ccc3c5ccccc5n(-c5ccccc5)c34)n2)cc1. The standard InChI is InChI=1S/C58H36N6.C3H6/c1-4-18-37(19-5-1)58-59-52(63-48-30-16-12-26-44(48)54-50(63)34-32-42-40-24-10-14-28-46(40)61(56(42)54)38-20-6-2-7-21-38)36-53(60-58)64-49-31-17-13-27-45(49)55-51(64)35-33-43-41-25-11-15-29-47(41)62(57(43)55)39-22-8-3-9-23-39;1-3-2/h1-36H;3H,1H2,2H3. The summed E-state index contributed by atoms with van der Waals surface area (Å²) in [5, 5.41) is 9.57. The molecule has 9 aromatic carbocycles. The molecule has 0 spiro atoms. The lowest BCUT2D eigenvalue weighted by Gasteiger charge is -2.14. The first kappa shape index (κ1) is 38.5. The summed E-state index contributed by atoms with van der Waals surface area (Å²) in [4.78, 5) is 11.0. The minimum absolute atomic E-state index is 0.656. The van der Waals surface area contributed by atoms with Crippen molar-refractivity contribution in [1.29, 1.82) is 0 Å². The zero-order valence-corrected chi connectivity index (χ0v) is 36.8. The molecule has 0 unspecified atom stereocenters. The number of rotatable bonds is 5. The summed E-state index contributed by atoms with van der Waals surface area (Å²) in [5.74, 6) is 2.24. The Kier molecular flexibility index (Phi) is 8.80. The third-order valence-electron chi connectivity index (χ3n) is 13.2. The fraction of sp³-hybridized carbons (Fsp3) is 0.0164. The number of allylic oxidation sites excluding steroid dienone is 1. The predicted molar refractivity (Wildman–Crippen MR) is 281 cm³/mol. The highest BCUT2D eigenvalue weighted by molar-refractivity contribution is 6.27. The van der Waals surface area contributed by atoms with E-state index < -0.39 is 0 Å². The molecule has 67 heavy (non-hydrogen) atoms. The molecule has 0 aliphatic heterocycles. The first-order valence-electron chi connectivity index (χ1n) is 22.8. The van der Waals surface area contributed by atoms with E-state index in [1.165, 1.54) is 54.4 Å². The van der Waals surface area contributed by atoms with Crippen molar-refractivity contribution in [2.24, 2.45) is 0 Å². The van der Waals surface area contributed by atoms with Gasteiger partial charge in [-0.3, -0.25) is 9.13 Å². The van der Waals surface area contributed by atoms with Crippen LogP contribution < -0.4 is 0 Å². The van der Waals surface area contributed by atoms with Crippen LogP contribution in [-0.4, -0.2) is 28.2 Å². The van der Waals surface area contributed by atoms with Gasteiger partial charge in [0.2, 0.25) is 0 Å². The topological polar surface area (TPSA) is 45.5 Å². The lowest BCUT2D eigenvalue weighted by atomic mass is 10.1. The van der Waals surface area contributed by atoms with Crippen LogP contribution in [0.25, 0.3) is 122 Å². The van der Waals surface area contributed by atoms with Crippen LogP contribution >= 0.6 is 0 Å². The monoisotopic (exact) mass is 858 g/mol. The second-order valence-electron chi connectivity index (χ2n) is 17.0. The normalized spacial score (nSPS) is 11.7. The molecule has 14 aromatic rings. The molecule has 0 saturated heterocycles. The Labute approximate surface area is 386 Å². The van der Waals surface area contributed by atoms with E-state index in [2.05, 4.69) is 237 Å². The van der Waals surface area contributed by atoms with E-state index in [-0.39, 0.29) is 0 Å². The number of fused-ring (bicyclic) bond motifs is 14. The molecule has 5 heterocycles. The van der Waals surface area contributed by atoms with Gasteiger partial charge < -0.3 is 9.13 Å². The van der Waals surface area contributed by atoms with Crippen molar-refractivity contribution < 1.29 is 0 Å². The van der Waals surface area contributed by atoms with Gasteiger partial charge in [0, 0.05) is 66.1 Å². The largest absolute Gasteiger partial charge is 0.309 e. The summed E-state index contributed by atoms with van der Waals surface area (Å²) in [6.45, 7) is 5.25. The number of benzene rings is 9. The Morgan fingerprint density at radius 2 is 0.687 bits per heavy atom. The summed E-state index contributed by atoms with van der Waals surface area (Å²) < 4.78 is 9.54. The van der Waals surface area contributed by atoms with Crippen molar-refractivity contribution in [2.75, 3.05) is 0 Å². The fourth-order valence-corrected chi connectivity index (χ4v) is 10.6. The van der Waals surface area contributed by atoms with Gasteiger partial charge in [-0.1, -0.05) is 158 Å². The van der Waals surface area contributed by atoms with E-state index in [4.69, 9.17) is 9.97 Å². The maximum Gasteiger partial charge on any atom is 0.163 e. The van der Waals surface area contributed by atoms with Crippen LogP contribution in [0.2, 0.25) is 0 Å². The zero-order chi connectivity index (χ0) is 44.6. The van der Waals surface area contributed by atoms with Crippen LogP contribution in [0.15, 0.2) is 231 Å². The minimum atomic E-state index is 0.656. The molecular formula is C61H42N6. The second-order valence-corrected chi connectivity index (χ2v) is 17.0. The lowest BCUT2D eigenvalue weighted by Crippen LogP contribution is -2.06. The third kappa shape index (κ3) is 5.76. The molecule has 0 saturated carbocycles. The Morgan fingerprint density at radius 1 is 0.343 bits per heavy atom. The molecule has 0 fully saturated rings. The molecule has 0 radical (unpaired) electrons. The molecule has 316 valence electrons. The first-order valence-corrected chi connectivity index (χ1v) is 22.8. The van der Waals surface area contributed by atoms with Gasteiger partial charge in [-0.2, -0.15) is 0 Å². The van der Waals surface area contributed by atoms with Crippen LogP contribution in [0.1, 0.15) is 6.92 Å². The van der Waals surface area contributed by atoms with Gasteiger partial charge in [0.25, 0.3) is 0 Å². The number of para-hydroxylation sites is 6. The Bertz CT molecular complexity index is 3980. The van der Waals surface area contributed by atoms with Crippen molar-refractivity contribution >= 4 is 87.2 Å². The predicted octanol–water partition coefficient (Wildman–Crippen LogP) is 15.7. The van der Waals surface area contributed by atoms with Crippen LogP contribution in [0, 0.1) is 0 Å². The van der Waals surface area contributed by atoms with Crippen LogP contribution in [0.5, 0.6) is 0 Å². The second kappa shape index (κ2) is 15.3. The molecule has 0 atom stereocenters. The summed E-state index contributed by atoms with van der Waals surface area (Å²) in [6.07, 6.45) is 1.75. The van der Waals surface area contributed by atoms with Gasteiger partial charge in [-0.05, 0) is 67.6 Å². The summed E-state index contributed by atoms with van der Waals surface area (Å²) in [5.41, 5.74) is 12.2. The highest BCUT2D eigenvalue weighted by Crippen LogP contribution is 2.44. The van der Waals surface area contributed by atoms with Gasteiger partial charge >= 0.3 is 0 Å². The minimum Gasteiger partial charge on any atom is -0.309 e. The smallest absolute Gasteiger partial charge is 0.163 e. The van der Waals surface area contributed by atoms with Gasteiger partial charge in [0.1, 0.15) is 11.6 Å². The van der Waals surface area contributed by atoms with Gasteiger partial charge in [-0.15, -0.1) is 6.58 Å². The van der Waals surface area contributed by atoms with E-state index in [1.807, 2.05) is 13.0 Å². The summed E-state index contributed by atoms with van der Waals surface area (Å²) in [7, 11) is 0. The summed E-state index contributed by atoms with van der Waals surface area (Å²) in [6, 6.07) is 78.1. The molecular weight excluding hydrogens is 817 g/mol. The molecule has 0 amide bonds. The Balaban J connectivity index is 0.00000145. The highest BCUT2D eigenvalue weighted by atomic mass is 15.1. The van der Waals surface area contributed by atoms with Crippen molar-refractivity contribution in [3.8, 4) is 34.4 Å². The van der Waals surface area contributed by atoms with Crippen LogP contribution in [0.4, 0.5) is 0 Å². The van der Waals surface area contributed by atoms with Crippen molar-refractivity contribution in [3.63, 3.8) is 0 Å². The van der Waals surface area contributed by atoms with E-state index in [0.717, 1.165) is 61.4 Å². The summed E-state index contributed by atoms with van der Waals surface area (Å²) >= 11 is 0. The molecule has 6 heteroatoms. The maximum absolute atomic E-state index is 5.48. The van der Waals surface area contributed by atoms with Gasteiger partial charge in [0.05, 0.1) is 44.1 Å². The molecule has 0 aliphatic carbocycles. The first-order chi connectivity index (χ1) is 33.2. The fourth-order valence-electron chi connectivity index (χ4n) is 10.6. The molecule has 0 N–H and O–H groups in total. The van der Waals surface area contributed by atoms with E-state index in [0.29, 0.717) is 5.82 Å². The Morgan fingerprint density at radius 3 is 1.10 bits per heavy atom. The highest BCUT2D eigenvalue weighted by Gasteiger charge is 2.25. The quantitative estimate of drug-likeness (QED) is 0.162. The van der Waals surface area contributed by atoms with E-state index in [1.54, 1.807) is 6.08 Å². The van der Waals surface area contributed by atoms with Crippen molar-refractivity contribution in [1.82, 2.24) is 28.2 Å². The van der Waals surface area contributed by atoms with Crippen molar-refractivity contribution in [3.05, 3.63) is 231 Å². The average Bonchev–Trinajstić information content (AvgIpc) is 4.12. The van der Waals surface area contributed by atoms with E-state index in [9.17, 15) is 0 Å². The zero-order valence-electron chi connectivity index (χ0n) is 36.8. The maximum atomic E-state index is 5.48. The molecule has 6 nitrogen and oxygen atoms in total. The number of aromatic nitrogens is 6. The van der Waals surface area contributed by atoms with Crippen LogP contribution in [0.3, 0.4) is 0 Å². The average molecular weight is 859 g/mol. The molecule has 0 bridgehead atoms. The molecule has 14 rings (SSSR count). The van der Waals surface area contributed by atoms with Gasteiger partial charge in [0.15, 0.2) is 5.82 Å². The van der Waals surface area contributed by atoms with Gasteiger partial charge in [-0.25, -0.2) is 9.97 Å². The molecule has 5 aromatic heterocycles. The van der Waals surface area contributed by atoms with Crippen molar-refractivity contribution in [2.45, 2.75) is 6.92 Å². The lowest BCUT2D eigenvalue weighted by molar-refractivity contribution is 0.994. The number of hydrogen-bond donors (Lipinski definition) is 0. The molecule has 0 aliphatic rings. The number of nitrogens with zero attached hydrogens (tertiary/aromatic N) is 6. The van der Waals surface area contributed by atoms with Crippen LogP contribution in [-0.2, 0) is 0 Å². The van der Waals surface area contributed by atoms with E-state index >= 15 is 0 Å². The third-order valence-corrected chi connectivity index (χ3v) is 13.2. The Hall–Kier alpha value is -9.00. The number of hydrogen-bond acceptors (Lipinski definition) is 2.